The zero-order chi connectivity index (χ0) is 21.9. The summed E-state index contributed by atoms with van der Waals surface area (Å²) in [5, 5.41) is 3.13. The number of sulfonamides is 1. The smallest absolute Gasteiger partial charge is 0.324 e. The van der Waals surface area contributed by atoms with Crippen molar-refractivity contribution in [3.63, 3.8) is 0 Å². The van der Waals surface area contributed by atoms with Gasteiger partial charge < -0.3 is 10.1 Å². The number of esters is 1. The zero-order valence-corrected chi connectivity index (χ0v) is 18.3. The Bertz CT molecular complexity index is 1050. The minimum Gasteiger partial charge on any atom is -0.454 e. The Morgan fingerprint density at radius 1 is 1.17 bits per heavy atom. The fraction of sp³-hybridized carbons (Fsp3) is 0.333. The Morgan fingerprint density at radius 2 is 1.87 bits per heavy atom. The number of nitrogens with zero attached hydrogens (tertiary/aromatic N) is 1. The molecule has 1 N–H and O–H groups in total. The van der Waals surface area contributed by atoms with Crippen LogP contribution in [0.4, 0.5) is 5.69 Å². The molecule has 1 saturated heterocycles. The van der Waals surface area contributed by atoms with Gasteiger partial charge in [0.15, 0.2) is 6.61 Å². The molecule has 1 unspecified atom stereocenters. The number of benzene rings is 2. The third kappa shape index (κ3) is 4.83. The lowest BCUT2D eigenvalue weighted by Crippen LogP contribution is -2.42. The van der Waals surface area contributed by atoms with Crippen LogP contribution in [0.1, 0.15) is 24.0 Å². The van der Waals surface area contributed by atoms with Crippen molar-refractivity contribution < 1.29 is 22.7 Å². The second-order valence-electron chi connectivity index (χ2n) is 7.13. The Kier molecular flexibility index (Phi) is 6.80. The number of anilines is 1. The quantitative estimate of drug-likeness (QED) is 0.681. The largest absolute Gasteiger partial charge is 0.454 e. The summed E-state index contributed by atoms with van der Waals surface area (Å²) >= 11 is 5.83. The summed E-state index contributed by atoms with van der Waals surface area (Å²) in [6.07, 6.45) is 0.867. The third-order valence-electron chi connectivity index (χ3n) is 5.12. The van der Waals surface area contributed by atoms with E-state index in [-0.39, 0.29) is 11.4 Å². The normalized spacial score (nSPS) is 17.0. The van der Waals surface area contributed by atoms with Crippen molar-refractivity contribution in [2.24, 2.45) is 0 Å². The molecule has 1 atom stereocenters. The van der Waals surface area contributed by atoms with Gasteiger partial charge in [0.05, 0.1) is 4.90 Å². The van der Waals surface area contributed by atoms with E-state index < -0.39 is 34.5 Å². The van der Waals surface area contributed by atoms with Crippen LogP contribution in [0.2, 0.25) is 5.02 Å². The lowest BCUT2D eigenvalue weighted by atomic mass is 10.1. The van der Waals surface area contributed by atoms with E-state index in [0.717, 1.165) is 15.4 Å². The number of amides is 1. The van der Waals surface area contributed by atoms with Crippen LogP contribution in [0, 0.1) is 13.8 Å². The molecule has 0 saturated carbocycles. The molecule has 1 aliphatic rings. The average Bonchev–Trinajstić information content (AvgIpc) is 3.21. The summed E-state index contributed by atoms with van der Waals surface area (Å²) < 4.78 is 32.1. The van der Waals surface area contributed by atoms with Crippen LogP contribution in [0.25, 0.3) is 0 Å². The lowest BCUT2D eigenvalue weighted by Gasteiger charge is -2.22. The van der Waals surface area contributed by atoms with E-state index in [1.54, 1.807) is 6.07 Å². The van der Waals surface area contributed by atoms with Crippen molar-refractivity contribution in [3.8, 4) is 0 Å². The summed E-state index contributed by atoms with van der Waals surface area (Å²) in [5.41, 5.74) is 2.59. The number of carbonyl (C=O) groups is 2. The van der Waals surface area contributed by atoms with E-state index >= 15 is 0 Å². The number of carbonyl (C=O) groups excluding carboxylic acids is 2. The van der Waals surface area contributed by atoms with Gasteiger partial charge in [-0.1, -0.05) is 23.7 Å². The van der Waals surface area contributed by atoms with Gasteiger partial charge in [-0.25, -0.2) is 8.42 Å². The molecule has 9 heteroatoms. The van der Waals surface area contributed by atoms with Crippen LogP contribution in [0.5, 0.6) is 0 Å². The molecule has 0 radical (unpaired) electrons. The van der Waals surface area contributed by atoms with Crippen LogP contribution in [-0.4, -0.2) is 43.8 Å². The summed E-state index contributed by atoms with van der Waals surface area (Å²) in [7, 11) is -3.87. The first kappa shape index (κ1) is 22.3. The first-order chi connectivity index (χ1) is 14.2. The Hall–Kier alpha value is -2.42. The molecule has 0 spiro atoms. The maximum Gasteiger partial charge on any atom is 0.324 e. The van der Waals surface area contributed by atoms with Crippen LogP contribution in [0.3, 0.4) is 0 Å². The highest BCUT2D eigenvalue weighted by Gasteiger charge is 2.40. The molecular weight excluding hydrogens is 428 g/mol. The van der Waals surface area contributed by atoms with E-state index in [0.29, 0.717) is 23.6 Å². The van der Waals surface area contributed by atoms with Crippen LogP contribution >= 0.6 is 11.6 Å². The molecule has 1 amide bonds. The molecule has 2 aromatic rings. The average molecular weight is 451 g/mol. The number of hydrogen-bond acceptors (Lipinski definition) is 5. The molecule has 7 nitrogen and oxygen atoms in total. The predicted octanol–water partition coefficient (Wildman–Crippen LogP) is 3.29. The number of halogens is 1. The van der Waals surface area contributed by atoms with Crippen LogP contribution in [-0.2, 0) is 24.3 Å². The van der Waals surface area contributed by atoms with Gasteiger partial charge in [-0.15, -0.1) is 0 Å². The predicted molar refractivity (Wildman–Crippen MR) is 114 cm³/mol. The molecule has 0 aromatic heterocycles. The highest BCUT2D eigenvalue weighted by molar-refractivity contribution is 7.89. The fourth-order valence-electron chi connectivity index (χ4n) is 3.31. The van der Waals surface area contributed by atoms with Gasteiger partial charge in [-0.3, -0.25) is 9.59 Å². The van der Waals surface area contributed by atoms with Crippen LogP contribution in [0.15, 0.2) is 47.4 Å². The second-order valence-corrected chi connectivity index (χ2v) is 9.46. The standard InChI is InChI=1S/C21H23ClN2O5S/c1-14-5-3-6-18(15(14)2)23-20(25)13-29-21(26)19-7-4-12-24(19)30(27,28)17-10-8-16(22)9-11-17/h3,5-6,8-11,19H,4,7,12-13H2,1-2H3,(H,23,25). The molecular formula is C21H23ClN2O5S. The van der Waals surface area contributed by atoms with Gasteiger partial charge in [-0.05, 0) is 68.1 Å². The van der Waals surface area contributed by atoms with E-state index in [1.807, 2.05) is 26.0 Å². The molecule has 1 aliphatic heterocycles. The summed E-state index contributed by atoms with van der Waals surface area (Å²) in [4.78, 5) is 24.8. The number of ether oxygens (including phenoxy) is 1. The molecule has 0 bridgehead atoms. The Balaban J connectivity index is 1.63. The van der Waals surface area contributed by atoms with Gasteiger partial charge in [0.2, 0.25) is 10.0 Å². The first-order valence-corrected chi connectivity index (χ1v) is 11.3. The van der Waals surface area contributed by atoms with Crippen molar-refractivity contribution in [2.75, 3.05) is 18.5 Å². The van der Waals surface area contributed by atoms with Gasteiger partial charge >= 0.3 is 5.97 Å². The maximum atomic E-state index is 12.9. The van der Waals surface area contributed by atoms with Gasteiger partial charge in [0.25, 0.3) is 5.91 Å². The SMILES string of the molecule is Cc1cccc(NC(=O)COC(=O)C2CCCN2S(=O)(=O)c2ccc(Cl)cc2)c1C. The van der Waals surface area contributed by atoms with Gasteiger partial charge in [-0.2, -0.15) is 4.31 Å². The van der Waals surface area contributed by atoms with Crippen molar-refractivity contribution in [3.05, 3.63) is 58.6 Å². The van der Waals surface area contributed by atoms with E-state index in [1.165, 1.54) is 24.3 Å². The van der Waals surface area contributed by atoms with E-state index in [4.69, 9.17) is 16.3 Å². The molecule has 0 aliphatic carbocycles. The Labute approximate surface area is 181 Å². The molecule has 3 rings (SSSR count). The van der Waals surface area contributed by atoms with Crippen molar-refractivity contribution >= 4 is 39.2 Å². The molecule has 2 aromatic carbocycles. The molecule has 160 valence electrons. The highest BCUT2D eigenvalue weighted by Crippen LogP contribution is 2.27. The van der Waals surface area contributed by atoms with Crippen molar-refractivity contribution in [1.82, 2.24) is 4.31 Å². The first-order valence-electron chi connectivity index (χ1n) is 9.50. The fourth-order valence-corrected chi connectivity index (χ4v) is 5.08. The molecule has 30 heavy (non-hydrogen) atoms. The number of hydrogen-bond donors (Lipinski definition) is 1. The summed E-state index contributed by atoms with van der Waals surface area (Å²) in [6.45, 7) is 3.53. The van der Waals surface area contributed by atoms with Crippen molar-refractivity contribution in [1.29, 1.82) is 0 Å². The van der Waals surface area contributed by atoms with Gasteiger partial charge in [0.1, 0.15) is 6.04 Å². The maximum absolute atomic E-state index is 12.9. The number of rotatable bonds is 6. The monoisotopic (exact) mass is 450 g/mol. The lowest BCUT2D eigenvalue weighted by molar-refractivity contribution is -0.150. The van der Waals surface area contributed by atoms with Crippen molar-refractivity contribution in [2.45, 2.75) is 37.6 Å². The van der Waals surface area contributed by atoms with Gasteiger partial charge in [0, 0.05) is 17.3 Å². The summed E-state index contributed by atoms with van der Waals surface area (Å²) in [6, 6.07) is 10.3. The zero-order valence-electron chi connectivity index (χ0n) is 16.7. The minimum atomic E-state index is -3.87. The summed E-state index contributed by atoms with van der Waals surface area (Å²) in [5.74, 6) is -1.22. The van der Waals surface area contributed by atoms with Crippen LogP contribution < -0.4 is 5.32 Å². The Morgan fingerprint density at radius 3 is 2.57 bits per heavy atom. The number of aryl methyl sites for hydroxylation is 1. The number of nitrogens with one attached hydrogen (secondary N) is 1. The van der Waals surface area contributed by atoms with E-state index in [2.05, 4.69) is 5.32 Å². The second kappa shape index (κ2) is 9.16. The topological polar surface area (TPSA) is 92.8 Å². The highest BCUT2D eigenvalue weighted by atomic mass is 35.5. The third-order valence-corrected chi connectivity index (χ3v) is 7.29. The molecule has 1 heterocycles. The molecule has 1 fully saturated rings. The minimum absolute atomic E-state index is 0.0549. The van der Waals surface area contributed by atoms with E-state index in [9.17, 15) is 18.0 Å².